The first-order chi connectivity index (χ1) is 42.6. The molecule has 4 aromatic rings. The van der Waals surface area contributed by atoms with Crippen LogP contribution in [0.25, 0.3) is 18.2 Å². The number of hydrogen-bond donors (Lipinski definition) is 12. The number of aliphatic hydroxyl groups excluding tert-OH is 9. The summed E-state index contributed by atoms with van der Waals surface area (Å²) in [6, 6.07) is 23.8. The molecule has 480 valence electrons. The van der Waals surface area contributed by atoms with Crippen LogP contribution in [0, 0.1) is 0 Å². The van der Waals surface area contributed by atoms with Gasteiger partial charge in [-0.25, -0.2) is 19.2 Å². The standard InChI is InChI=1S/C60H66O29/c1-30(63)78-28-41-52(84-44(69)24-15-33-11-20-37(66)21-12-33)53(85-58-51(76)49(74)46(71)40(82-58)27-79-42(67)22-13-31-7-16-35(64)17-8-31)54(86-57-50(75)48(73)45(70)38(25-61)81-57)59(83-41)89-60(29-80-43(68)23-14-32-9-18-36(65)19-10-32)55(47(72)39(26-62)88-60)87-56(77)34-5-3-2-4-6-34/h2-24,38-41,45-55,57-59,61-62,64-66,70-76H,25-29H2,1H3/t38-,39-,40-,41-,45-,46-,47-,48+,49+,50-,51-,52-,53+,54-,55+,57+,58+,59-,60+/m1/s1. The van der Waals surface area contributed by atoms with Gasteiger partial charge in [0.05, 0.1) is 18.8 Å². The largest absolute Gasteiger partial charge is 0.508 e. The molecule has 0 spiro atoms. The zero-order valence-corrected chi connectivity index (χ0v) is 47.0. The molecular weight excluding hydrogens is 1180 g/mol. The van der Waals surface area contributed by atoms with E-state index in [0.717, 1.165) is 25.2 Å². The number of esters is 5. The Balaban J connectivity index is 1.25. The minimum Gasteiger partial charge on any atom is -0.508 e. The van der Waals surface area contributed by atoms with Gasteiger partial charge in [0.1, 0.15) is 116 Å². The van der Waals surface area contributed by atoms with Gasteiger partial charge in [-0.15, -0.1) is 0 Å². The zero-order chi connectivity index (χ0) is 64.1. The summed E-state index contributed by atoms with van der Waals surface area (Å²) >= 11 is 0. The quantitative estimate of drug-likeness (QED) is 0.0231. The monoisotopic (exact) mass is 1250 g/mol. The van der Waals surface area contributed by atoms with Gasteiger partial charge >= 0.3 is 29.8 Å². The molecule has 19 atom stereocenters. The number of phenolic OH excluding ortho intramolecular Hbond substituents is 3. The lowest BCUT2D eigenvalue weighted by Crippen LogP contribution is -2.69. The fourth-order valence-electron chi connectivity index (χ4n) is 9.61. The molecule has 29 heteroatoms. The number of aromatic hydroxyl groups is 3. The number of rotatable bonds is 23. The summed E-state index contributed by atoms with van der Waals surface area (Å²) in [6.07, 6.45) is -31.9. The first kappa shape index (κ1) is 67.1. The lowest BCUT2D eigenvalue weighted by atomic mass is 9.95. The molecule has 0 aromatic heterocycles. The van der Waals surface area contributed by atoms with Crippen molar-refractivity contribution in [2.24, 2.45) is 0 Å². The predicted octanol–water partition coefficient (Wildman–Crippen LogP) is -1.40. The lowest BCUT2D eigenvalue weighted by molar-refractivity contribution is -0.421. The highest BCUT2D eigenvalue weighted by molar-refractivity contribution is 5.90. The zero-order valence-electron chi connectivity index (χ0n) is 47.0. The summed E-state index contributed by atoms with van der Waals surface area (Å²) < 4.78 is 72.1. The summed E-state index contributed by atoms with van der Waals surface area (Å²) in [5.41, 5.74) is 1.05. The maximum atomic E-state index is 14.2. The van der Waals surface area contributed by atoms with Crippen LogP contribution < -0.4 is 0 Å². The summed E-state index contributed by atoms with van der Waals surface area (Å²) in [6.45, 7) is -4.19. The van der Waals surface area contributed by atoms with Gasteiger partial charge in [-0.1, -0.05) is 54.6 Å². The fourth-order valence-corrected chi connectivity index (χ4v) is 9.61. The predicted molar refractivity (Wildman–Crippen MR) is 296 cm³/mol. The van der Waals surface area contributed by atoms with Gasteiger partial charge in [-0.3, -0.25) is 4.79 Å². The maximum absolute atomic E-state index is 14.2. The van der Waals surface area contributed by atoms with Crippen LogP contribution in [-0.2, 0) is 76.0 Å². The highest BCUT2D eigenvalue weighted by atomic mass is 16.8. The molecule has 0 radical (unpaired) electrons. The molecule has 4 aliphatic rings. The normalized spacial score (nSPS) is 32.2. The van der Waals surface area contributed by atoms with Crippen LogP contribution in [0.4, 0.5) is 0 Å². The van der Waals surface area contributed by atoms with Gasteiger partial charge in [0.25, 0.3) is 0 Å². The van der Waals surface area contributed by atoms with Crippen molar-refractivity contribution in [3.8, 4) is 17.2 Å². The molecule has 0 saturated carbocycles. The van der Waals surface area contributed by atoms with Crippen molar-refractivity contribution in [1.82, 2.24) is 0 Å². The van der Waals surface area contributed by atoms with Crippen LogP contribution >= 0.6 is 0 Å². The minimum atomic E-state index is -2.94. The average Bonchev–Trinajstić information content (AvgIpc) is 1.83. The molecular formula is C60H66O29. The molecule has 4 fully saturated rings. The molecule has 89 heavy (non-hydrogen) atoms. The van der Waals surface area contributed by atoms with Crippen LogP contribution in [0.15, 0.2) is 121 Å². The first-order valence-electron chi connectivity index (χ1n) is 27.5. The Bertz CT molecular complexity index is 3090. The van der Waals surface area contributed by atoms with Gasteiger partial charge in [0.2, 0.25) is 5.79 Å². The van der Waals surface area contributed by atoms with Crippen LogP contribution in [0.2, 0.25) is 0 Å². The van der Waals surface area contributed by atoms with E-state index in [-0.39, 0.29) is 22.8 Å². The summed E-state index contributed by atoms with van der Waals surface area (Å²) in [5.74, 6) is -8.81. The number of ether oxygens (including phenoxy) is 12. The third kappa shape index (κ3) is 17.1. The van der Waals surface area contributed by atoms with Crippen LogP contribution in [0.5, 0.6) is 17.2 Å². The van der Waals surface area contributed by atoms with E-state index in [9.17, 15) is 85.3 Å². The lowest BCUT2D eigenvalue weighted by Gasteiger charge is -2.50. The van der Waals surface area contributed by atoms with E-state index < -0.39 is 179 Å². The summed E-state index contributed by atoms with van der Waals surface area (Å²) in [4.78, 5) is 67.6. The Morgan fingerprint density at radius 2 is 0.933 bits per heavy atom. The highest BCUT2D eigenvalue weighted by Crippen LogP contribution is 2.42. The third-order valence-corrected chi connectivity index (χ3v) is 14.3. The van der Waals surface area contributed by atoms with E-state index in [4.69, 9.17) is 56.8 Å². The number of hydrogen-bond acceptors (Lipinski definition) is 29. The number of phenols is 3. The highest BCUT2D eigenvalue weighted by Gasteiger charge is 2.64. The smallest absolute Gasteiger partial charge is 0.338 e. The molecule has 29 nitrogen and oxygen atoms in total. The molecule has 0 aliphatic carbocycles. The first-order valence-corrected chi connectivity index (χ1v) is 27.5. The van der Waals surface area contributed by atoms with E-state index in [1.54, 1.807) is 6.07 Å². The molecule has 4 aromatic carbocycles. The minimum absolute atomic E-state index is 0.0540. The van der Waals surface area contributed by atoms with Crippen molar-refractivity contribution in [2.45, 2.75) is 123 Å². The van der Waals surface area contributed by atoms with Gasteiger partial charge in [-0.05, 0) is 83.4 Å². The molecule has 0 amide bonds. The van der Waals surface area contributed by atoms with Gasteiger partial charge < -0.3 is 118 Å². The topological polar surface area (TPSA) is 439 Å². The van der Waals surface area contributed by atoms with Crippen molar-refractivity contribution in [3.63, 3.8) is 0 Å². The Morgan fingerprint density at radius 1 is 0.472 bits per heavy atom. The second-order valence-electron chi connectivity index (χ2n) is 20.6. The van der Waals surface area contributed by atoms with Gasteiger partial charge in [-0.2, -0.15) is 0 Å². The molecule has 8 rings (SSSR count). The fraction of sp³-hybridized carbons (Fsp3) is 0.417. The van der Waals surface area contributed by atoms with E-state index in [0.29, 0.717) is 16.7 Å². The number of aliphatic hydroxyl groups is 9. The van der Waals surface area contributed by atoms with Crippen molar-refractivity contribution in [2.75, 3.05) is 33.0 Å². The Morgan fingerprint density at radius 3 is 1.45 bits per heavy atom. The second kappa shape index (κ2) is 30.6. The second-order valence-corrected chi connectivity index (χ2v) is 20.6. The number of benzene rings is 4. The van der Waals surface area contributed by atoms with Crippen molar-refractivity contribution < 1.29 is 142 Å². The van der Waals surface area contributed by atoms with E-state index in [1.807, 2.05) is 0 Å². The molecule has 0 bridgehead atoms. The summed E-state index contributed by atoms with van der Waals surface area (Å²) in [5, 5.41) is 130. The SMILES string of the molecule is CC(=O)OC[C@H]1O[C@H](O[C@]2(COC(=O)C=Cc3ccc(O)cc3)O[C@H](CO)[C@@H](O)[C@@H]2OC(=O)c2ccccc2)[C@H](O[C@@H]2O[C@H](CO)[C@@H](O)[C@H](O)[C@H]2O)[C@@H](O[C@@H]2O[C@H](COC(=O)C=Cc3ccc(O)cc3)[C@@H](O)[C@H](O)[C@H]2O)[C@@H]1OC(=O)C=Cc1ccc(O)cc1. The molecule has 0 unspecified atom stereocenters. The van der Waals surface area contributed by atoms with Crippen LogP contribution in [0.3, 0.4) is 0 Å². The van der Waals surface area contributed by atoms with E-state index >= 15 is 0 Å². The van der Waals surface area contributed by atoms with Gasteiger partial charge in [0, 0.05) is 25.2 Å². The van der Waals surface area contributed by atoms with Crippen molar-refractivity contribution in [3.05, 3.63) is 144 Å². The third-order valence-electron chi connectivity index (χ3n) is 14.3. The van der Waals surface area contributed by atoms with E-state index in [2.05, 4.69) is 0 Å². The van der Waals surface area contributed by atoms with E-state index in [1.165, 1.54) is 115 Å². The molecule has 4 saturated heterocycles. The molecule has 4 heterocycles. The maximum Gasteiger partial charge on any atom is 0.338 e. The molecule has 12 N–H and O–H groups in total. The van der Waals surface area contributed by atoms with Crippen LogP contribution in [0.1, 0.15) is 34.0 Å². The van der Waals surface area contributed by atoms with Crippen molar-refractivity contribution >= 4 is 48.1 Å². The van der Waals surface area contributed by atoms with Gasteiger partial charge in [0.15, 0.2) is 31.1 Å². The number of carbonyl (C=O) groups is 5. The Kier molecular flexibility index (Phi) is 23.1. The average molecular weight is 1250 g/mol. The number of carbonyl (C=O) groups excluding carboxylic acids is 5. The van der Waals surface area contributed by atoms with Crippen LogP contribution in [-0.4, -0.2) is 240 Å². The Labute approximate surface area is 505 Å². The summed E-state index contributed by atoms with van der Waals surface area (Å²) in [7, 11) is 0. The molecule has 4 aliphatic heterocycles. The Hall–Kier alpha value is -7.79. The van der Waals surface area contributed by atoms with Crippen molar-refractivity contribution in [1.29, 1.82) is 0 Å².